The molecule has 2 aromatic carbocycles. The van der Waals surface area contributed by atoms with E-state index < -0.39 is 0 Å². The van der Waals surface area contributed by atoms with Gasteiger partial charge in [0.25, 0.3) is 5.91 Å². The minimum atomic E-state index is -0.380. The van der Waals surface area contributed by atoms with Gasteiger partial charge in [-0.15, -0.1) is 0 Å². The van der Waals surface area contributed by atoms with E-state index in [0.717, 1.165) is 0 Å². The van der Waals surface area contributed by atoms with Crippen molar-refractivity contribution in [2.75, 3.05) is 30.5 Å². The van der Waals surface area contributed by atoms with Crippen LogP contribution in [-0.4, -0.2) is 38.4 Å². The lowest BCUT2D eigenvalue weighted by atomic mass is 10.2. The van der Waals surface area contributed by atoms with Gasteiger partial charge < -0.3 is 14.8 Å². The molecule has 0 aromatic heterocycles. The van der Waals surface area contributed by atoms with Crippen LogP contribution in [0, 0.1) is 0 Å². The molecular weight excluding hydrogens is 324 g/mol. The van der Waals surface area contributed by atoms with Crippen LogP contribution in [0.1, 0.15) is 10.4 Å². The van der Waals surface area contributed by atoms with E-state index >= 15 is 0 Å². The number of carbonyl (C=O) groups excluding carboxylic acids is 3. The summed E-state index contributed by atoms with van der Waals surface area (Å²) in [6.07, 6.45) is 0.631. The average Bonchev–Trinajstić information content (AvgIpc) is 2.65. The molecule has 0 saturated carbocycles. The van der Waals surface area contributed by atoms with Crippen molar-refractivity contribution < 1.29 is 23.9 Å². The molecule has 3 rings (SSSR count). The van der Waals surface area contributed by atoms with E-state index in [1.54, 1.807) is 36.4 Å². The van der Waals surface area contributed by atoms with Crippen molar-refractivity contribution in [2.24, 2.45) is 0 Å². The highest BCUT2D eigenvalue weighted by molar-refractivity contribution is 6.10. The van der Waals surface area contributed by atoms with Gasteiger partial charge in [-0.05, 0) is 30.3 Å². The summed E-state index contributed by atoms with van der Waals surface area (Å²) in [5, 5.41) is 2.72. The number of benzene rings is 2. The molecule has 0 aliphatic carbocycles. The largest absolute Gasteiger partial charge is 0.497 e. The quantitative estimate of drug-likeness (QED) is 0.840. The number of aldehydes is 1. The number of carbonyl (C=O) groups is 3. The fraction of sp³-hybridized carbons (Fsp3) is 0.167. The van der Waals surface area contributed by atoms with Crippen LogP contribution in [0.2, 0.25) is 0 Å². The van der Waals surface area contributed by atoms with E-state index in [-0.39, 0.29) is 36.3 Å². The molecule has 0 bridgehead atoms. The first kappa shape index (κ1) is 16.5. The molecule has 25 heavy (non-hydrogen) atoms. The van der Waals surface area contributed by atoms with Crippen molar-refractivity contribution in [3.8, 4) is 11.5 Å². The first-order valence-electron chi connectivity index (χ1n) is 7.57. The van der Waals surface area contributed by atoms with Gasteiger partial charge in [-0.2, -0.15) is 0 Å². The summed E-state index contributed by atoms with van der Waals surface area (Å²) in [6, 6.07) is 11.8. The Hall–Kier alpha value is -3.35. The second kappa shape index (κ2) is 7.04. The minimum Gasteiger partial charge on any atom is -0.497 e. The highest BCUT2D eigenvalue weighted by atomic mass is 16.5. The number of ether oxygens (including phenoxy) is 2. The number of fused-ring (bicyclic) bond motifs is 1. The van der Waals surface area contributed by atoms with Crippen molar-refractivity contribution in [3.05, 3.63) is 48.0 Å². The van der Waals surface area contributed by atoms with Crippen molar-refractivity contribution >= 4 is 29.5 Å². The number of rotatable bonds is 5. The average molecular weight is 340 g/mol. The summed E-state index contributed by atoms with van der Waals surface area (Å²) in [7, 11) is 1.49. The molecular formula is C18H16N2O5. The Balaban J connectivity index is 1.75. The molecule has 2 aromatic rings. The number of hydrogen-bond acceptors (Lipinski definition) is 5. The topological polar surface area (TPSA) is 84.9 Å². The van der Waals surface area contributed by atoms with Crippen LogP contribution in [0.25, 0.3) is 0 Å². The normalized spacial score (nSPS) is 12.8. The van der Waals surface area contributed by atoms with Gasteiger partial charge in [-0.25, -0.2) is 0 Å². The SMILES string of the molecule is COc1ccc(OCC(=O)N2CC(=O)Nc3ccccc32)c(C=O)c1. The fourth-order valence-corrected chi connectivity index (χ4v) is 2.55. The number of nitrogens with one attached hydrogen (secondary N) is 1. The van der Waals surface area contributed by atoms with Gasteiger partial charge in [0.2, 0.25) is 5.91 Å². The molecule has 0 saturated heterocycles. The number of para-hydroxylation sites is 2. The molecule has 1 N–H and O–H groups in total. The van der Waals surface area contributed by atoms with E-state index in [2.05, 4.69) is 5.32 Å². The molecule has 0 spiro atoms. The van der Waals surface area contributed by atoms with E-state index in [9.17, 15) is 14.4 Å². The maximum Gasteiger partial charge on any atom is 0.265 e. The van der Waals surface area contributed by atoms with Gasteiger partial charge in [0.05, 0.1) is 24.0 Å². The zero-order valence-electron chi connectivity index (χ0n) is 13.5. The molecule has 1 aliphatic rings. The van der Waals surface area contributed by atoms with Gasteiger partial charge in [0.15, 0.2) is 12.9 Å². The Morgan fingerprint density at radius 1 is 1.28 bits per heavy atom. The monoisotopic (exact) mass is 340 g/mol. The van der Waals surface area contributed by atoms with Crippen LogP contribution in [0.5, 0.6) is 11.5 Å². The zero-order chi connectivity index (χ0) is 17.8. The summed E-state index contributed by atoms with van der Waals surface area (Å²) in [5.74, 6) is 0.140. The van der Waals surface area contributed by atoms with Gasteiger partial charge in [-0.1, -0.05) is 12.1 Å². The first-order chi connectivity index (χ1) is 12.1. The fourth-order valence-electron chi connectivity index (χ4n) is 2.55. The van der Waals surface area contributed by atoms with Crippen molar-refractivity contribution in [2.45, 2.75) is 0 Å². The lowest BCUT2D eigenvalue weighted by Crippen LogP contribution is -2.44. The van der Waals surface area contributed by atoms with E-state index in [4.69, 9.17) is 9.47 Å². The highest BCUT2D eigenvalue weighted by Gasteiger charge is 2.26. The zero-order valence-corrected chi connectivity index (χ0v) is 13.5. The van der Waals surface area contributed by atoms with Crippen LogP contribution in [0.3, 0.4) is 0 Å². The van der Waals surface area contributed by atoms with Gasteiger partial charge in [0, 0.05) is 0 Å². The third-order valence-corrected chi connectivity index (χ3v) is 3.77. The maximum absolute atomic E-state index is 12.5. The van der Waals surface area contributed by atoms with E-state index in [1.807, 2.05) is 0 Å². The molecule has 7 nitrogen and oxygen atoms in total. The molecule has 1 heterocycles. The highest BCUT2D eigenvalue weighted by Crippen LogP contribution is 2.29. The Morgan fingerprint density at radius 2 is 2.08 bits per heavy atom. The summed E-state index contributed by atoms with van der Waals surface area (Å²) in [4.78, 5) is 36.8. The van der Waals surface area contributed by atoms with Crippen molar-refractivity contribution in [3.63, 3.8) is 0 Å². The Bertz CT molecular complexity index is 834. The van der Waals surface area contributed by atoms with Crippen LogP contribution < -0.4 is 19.7 Å². The Morgan fingerprint density at radius 3 is 2.84 bits per heavy atom. The molecule has 7 heteroatoms. The van der Waals surface area contributed by atoms with Gasteiger partial charge in [0.1, 0.15) is 18.0 Å². The summed E-state index contributed by atoms with van der Waals surface area (Å²) in [6.45, 7) is -0.378. The lowest BCUT2D eigenvalue weighted by molar-refractivity contribution is -0.123. The van der Waals surface area contributed by atoms with Crippen LogP contribution in [-0.2, 0) is 9.59 Å². The molecule has 128 valence electrons. The smallest absolute Gasteiger partial charge is 0.265 e. The summed E-state index contributed by atoms with van der Waals surface area (Å²) < 4.78 is 10.5. The standard InChI is InChI=1S/C18H16N2O5/c1-24-13-6-7-16(12(8-13)10-21)25-11-18(23)20-9-17(22)19-14-4-2-3-5-15(14)20/h2-8,10H,9,11H2,1H3,(H,19,22). The molecule has 0 fully saturated rings. The van der Waals surface area contributed by atoms with Crippen LogP contribution >= 0.6 is 0 Å². The molecule has 2 amide bonds. The van der Waals surface area contributed by atoms with Crippen LogP contribution in [0.15, 0.2) is 42.5 Å². The third kappa shape index (κ3) is 3.45. The second-order valence-corrected chi connectivity index (χ2v) is 5.36. The lowest BCUT2D eigenvalue weighted by Gasteiger charge is -2.29. The second-order valence-electron chi connectivity index (χ2n) is 5.36. The number of nitrogens with zero attached hydrogens (tertiary/aromatic N) is 1. The Kier molecular flexibility index (Phi) is 4.65. The van der Waals surface area contributed by atoms with Gasteiger partial charge >= 0.3 is 0 Å². The maximum atomic E-state index is 12.5. The number of hydrogen-bond donors (Lipinski definition) is 1. The van der Waals surface area contributed by atoms with E-state index in [1.165, 1.54) is 18.1 Å². The molecule has 0 atom stereocenters. The number of methoxy groups -OCH3 is 1. The minimum absolute atomic E-state index is 0.0810. The predicted molar refractivity (Wildman–Crippen MR) is 91.3 cm³/mol. The van der Waals surface area contributed by atoms with Crippen LogP contribution in [0.4, 0.5) is 11.4 Å². The number of amides is 2. The predicted octanol–water partition coefficient (Wildman–Crippen LogP) is 1.87. The van der Waals surface area contributed by atoms with Gasteiger partial charge in [-0.3, -0.25) is 19.3 Å². The summed E-state index contributed by atoms with van der Waals surface area (Å²) in [5.41, 5.74) is 1.47. The first-order valence-corrected chi connectivity index (χ1v) is 7.57. The molecule has 0 unspecified atom stereocenters. The Labute approximate surface area is 144 Å². The van der Waals surface area contributed by atoms with Crippen molar-refractivity contribution in [1.29, 1.82) is 0 Å². The molecule has 0 radical (unpaired) electrons. The summed E-state index contributed by atoms with van der Waals surface area (Å²) >= 11 is 0. The van der Waals surface area contributed by atoms with E-state index in [0.29, 0.717) is 23.4 Å². The third-order valence-electron chi connectivity index (χ3n) is 3.77. The molecule has 1 aliphatic heterocycles. The number of anilines is 2. The van der Waals surface area contributed by atoms with Crippen molar-refractivity contribution in [1.82, 2.24) is 0 Å².